The van der Waals surface area contributed by atoms with Gasteiger partial charge in [-0.25, -0.2) is 5.43 Å². The molecule has 3 unspecified atom stereocenters. The van der Waals surface area contributed by atoms with E-state index < -0.39 is 0 Å². The molecule has 1 aromatic carbocycles. The smallest absolute Gasteiger partial charge is 0.229 e. The Hall–Kier alpha value is -0.890. The third-order valence-corrected chi connectivity index (χ3v) is 5.92. The molecule has 0 aliphatic carbocycles. The molecule has 3 fully saturated rings. The Morgan fingerprint density at radius 2 is 1.85 bits per heavy atom. The van der Waals surface area contributed by atoms with Crippen LogP contribution in [0.1, 0.15) is 18.0 Å². The molecule has 0 spiro atoms. The molecule has 0 bridgehead atoms. The Balaban J connectivity index is 0.00000196. The summed E-state index contributed by atoms with van der Waals surface area (Å²) in [6.45, 7) is 6.69. The maximum atomic E-state index is 13.1. The van der Waals surface area contributed by atoms with Crippen molar-refractivity contribution in [2.75, 3.05) is 45.8 Å². The van der Waals surface area contributed by atoms with Gasteiger partial charge in [0.25, 0.3) is 0 Å². The maximum absolute atomic E-state index is 13.1. The van der Waals surface area contributed by atoms with Crippen LogP contribution in [0.2, 0.25) is 5.02 Å². The van der Waals surface area contributed by atoms with Crippen molar-refractivity contribution in [2.45, 2.75) is 18.5 Å². The van der Waals surface area contributed by atoms with Gasteiger partial charge in [0, 0.05) is 56.9 Å². The molecule has 3 heterocycles. The number of piperazine rings is 1. The summed E-state index contributed by atoms with van der Waals surface area (Å²) in [6.07, 6.45) is 1.09. The van der Waals surface area contributed by atoms with E-state index in [-0.39, 0.29) is 30.3 Å². The summed E-state index contributed by atoms with van der Waals surface area (Å²) in [5, 5.41) is 4.12. The summed E-state index contributed by atoms with van der Waals surface area (Å²) in [4.78, 5) is 17.7. The minimum atomic E-state index is -0.0667. The van der Waals surface area contributed by atoms with Crippen LogP contribution in [0.25, 0.3) is 0 Å². The molecule has 4 rings (SSSR count). The van der Waals surface area contributed by atoms with Crippen LogP contribution in [0.4, 0.5) is 0 Å². The Kier molecular flexibility index (Phi) is 6.77. The van der Waals surface area contributed by atoms with Crippen LogP contribution in [0.15, 0.2) is 24.3 Å². The minimum Gasteiger partial charge on any atom is -0.341 e. The van der Waals surface area contributed by atoms with E-state index in [0.29, 0.717) is 12.6 Å². The van der Waals surface area contributed by atoms with Gasteiger partial charge in [-0.15, -0.1) is 12.4 Å². The second-order valence-electron chi connectivity index (χ2n) is 7.17. The lowest BCUT2D eigenvalue weighted by molar-refractivity contribution is -0.134. The van der Waals surface area contributed by atoms with E-state index in [1.165, 1.54) is 0 Å². The molecule has 0 aromatic heterocycles. The van der Waals surface area contributed by atoms with Crippen LogP contribution >= 0.6 is 24.0 Å². The molecule has 3 aliphatic heterocycles. The highest BCUT2D eigenvalue weighted by atomic mass is 35.5. The second kappa shape index (κ2) is 8.87. The van der Waals surface area contributed by atoms with E-state index in [1.807, 2.05) is 24.3 Å². The molecule has 0 radical (unpaired) electrons. The normalized spacial score (nSPS) is 29.6. The van der Waals surface area contributed by atoms with E-state index in [2.05, 4.69) is 26.0 Å². The monoisotopic (exact) mass is 399 g/mol. The fraction of sp³-hybridized carbons (Fsp3) is 0.611. The quantitative estimate of drug-likeness (QED) is 0.708. The zero-order valence-corrected chi connectivity index (χ0v) is 16.4. The summed E-state index contributed by atoms with van der Waals surface area (Å²) < 4.78 is 0. The molecule has 3 aliphatic rings. The van der Waals surface area contributed by atoms with Crippen LogP contribution in [0, 0.1) is 5.92 Å². The van der Waals surface area contributed by atoms with Crippen LogP contribution < -0.4 is 16.2 Å². The summed E-state index contributed by atoms with van der Waals surface area (Å²) in [5.74, 6) is 0.193. The number of carbonyl (C=O) groups is 1. The topological polar surface area (TPSA) is 59.6 Å². The van der Waals surface area contributed by atoms with Crippen molar-refractivity contribution in [1.29, 1.82) is 0 Å². The van der Waals surface area contributed by atoms with Crippen LogP contribution in [-0.2, 0) is 4.79 Å². The average molecular weight is 400 g/mol. The number of amides is 1. The number of likely N-dealkylation sites (tertiary alicyclic amines) is 1. The first-order chi connectivity index (χ1) is 12.2. The fourth-order valence-electron chi connectivity index (χ4n) is 4.23. The Morgan fingerprint density at radius 1 is 1.12 bits per heavy atom. The first-order valence-electron chi connectivity index (χ1n) is 9.20. The minimum absolute atomic E-state index is 0. The highest BCUT2D eigenvalue weighted by molar-refractivity contribution is 6.30. The molecule has 1 aromatic rings. The summed E-state index contributed by atoms with van der Waals surface area (Å²) in [6, 6.07) is 8.29. The van der Waals surface area contributed by atoms with Crippen molar-refractivity contribution in [3.8, 4) is 0 Å². The van der Waals surface area contributed by atoms with Gasteiger partial charge in [0.15, 0.2) is 0 Å². The highest BCUT2D eigenvalue weighted by Gasteiger charge is 2.39. The lowest BCUT2D eigenvalue weighted by Gasteiger charge is -2.33. The molecular formula is C18H27Cl2N5O. The van der Waals surface area contributed by atoms with Gasteiger partial charge in [0.05, 0.1) is 12.0 Å². The molecule has 144 valence electrons. The van der Waals surface area contributed by atoms with E-state index in [9.17, 15) is 4.79 Å². The van der Waals surface area contributed by atoms with Gasteiger partial charge in [-0.2, -0.15) is 0 Å². The van der Waals surface area contributed by atoms with Crippen molar-refractivity contribution in [1.82, 2.24) is 26.0 Å². The largest absolute Gasteiger partial charge is 0.341 e. The number of rotatable bonds is 3. The van der Waals surface area contributed by atoms with E-state index in [1.54, 1.807) is 0 Å². The van der Waals surface area contributed by atoms with Crippen molar-refractivity contribution in [3.63, 3.8) is 0 Å². The van der Waals surface area contributed by atoms with Crippen LogP contribution in [-0.4, -0.2) is 67.6 Å². The van der Waals surface area contributed by atoms with E-state index in [4.69, 9.17) is 11.6 Å². The van der Waals surface area contributed by atoms with Gasteiger partial charge in [0.2, 0.25) is 5.91 Å². The Labute approximate surface area is 166 Å². The van der Waals surface area contributed by atoms with Crippen LogP contribution in [0.5, 0.6) is 0 Å². The zero-order chi connectivity index (χ0) is 17.2. The zero-order valence-electron chi connectivity index (χ0n) is 14.8. The molecule has 26 heavy (non-hydrogen) atoms. The average Bonchev–Trinajstić information content (AvgIpc) is 3.32. The highest BCUT2D eigenvalue weighted by Crippen LogP contribution is 2.29. The van der Waals surface area contributed by atoms with Crippen molar-refractivity contribution >= 4 is 29.9 Å². The van der Waals surface area contributed by atoms with Gasteiger partial charge in [-0.1, -0.05) is 23.7 Å². The van der Waals surface area contributed by atoms with Gasteiger partial charge in [-0.3, -0.25) is 15.1 Å². The number of hydrogen-bond acceptors (Lipinski definition) is 5. The summed E-state index contributed by atoms with van der Waals surface area (Å²) in [7, 11) is 0. The number of benzene rings is 1. The molecule has 8 heteroatoms. The number of nitrogens with zero attached hydrogens (tertiary/aromatic N) is 2. The number of halogens is 2. The van der Waals surface area contributed by atoms with Gasteiger partial charge in [-0.05, 0) is 24.1 Å². The van der Waals surface area contributed by atoms with Crippen LogP contribution in [0.3, 0.4) is 0 Å². The van der Waals surface area contributed by atoms with E-state index >= 15 is 0 Å². The second-order valence-corrected chi connectivity index (χ2v) is 7.61. The predicted molar refractivity (Wildman–Crippen MR) is 105 cm³/mol. The fourth-order valence-corrected chi connectivity index (χ4v) is 4.36. The molecule has 3 atom stereocenters. The molecule has 0 saturated carbocycles. The van der Waals surface area contributed by atoms with Gasteiger partial charge >= 0.3 is 0 Å². The van der Waals surface area contributed by atoms with Crippen molar-refractivity contribution in [3.05, 3.63) is 34.9 Å². The van der Waals surface area contributed by atoms with Crippen molar-refractivity contribution in [2.24, 2.45) is 5.92 Å². The lowest BCUT2D eigenvalue weighted by atomic mass is 9.94. The standard InChI is InChI=1S/C18H26ClN5O.ClH/c19-14-3-1-13(2-4-14)17-16(11-21-22-17)18(25)24-8-5-15(12-24)23-9-6-20-7-10-23;/h1-4,15-17,20-22H,5-12H2;1H. The molecule has 3 N–H and O–H groups in total. The van der Waals surface area contributed by atoms with E-state index in [0.717, 1.165) is 56.3 Å². The number of nitrogens with one attached hydrogen (secondary N) is 3. The Morgan fingerprint density at radius 3 is 2.58 bits per heavy atom. The SMILES string of the molecule is Cl.O=C(C1CNNC1c1ccc(Cl)cc1)N1CCC(N2CCNCC2)C1. The Bertz CT molecular complexity index is 608. The first kappa shape index (κ1) is 19.9. The van der Waals surface area contributed by atoms with Crippen molar-refractivity contribution < 1.29 is 4.79 Å². The molecule has 1 amide bonds. The number of hydrogen-bond donors (Lipinski definition) is 3. The molecule has 6 nitrogen and oxygen atoms in total. The predicted octanol–water partition coefficient (Wildman–Crippen LogP) is 1.03. The molecular weight excluding hydrogens is 373 g/mol. The summed E-state index contributed by atoms with van der Waals surface area (Å²) >= 11 is 5.99. The lowest BCUT2D eigenvalue weighted by Crippen LogP contribution is -2.49. The van der Waals surface area contributed by atoms with Gasteiger partial charge in [0.1, 0.15) is 0 Å². The molecule has 3 saturated heterocycles. The number of hydrazine groups is 1. The summed E-state index contributed by atoms with van der Waals surface area (Å²) in [5.41, 5.74) is 7.53. The first-order valence-corrected chi connectivity index (χ1v) is 9.57. The maximum Gasteiger partial charge on any atom is 0.229 e. The third-order valence-electron chi connectivity index (χ3n) is 5.67. The number of carbonyl (C=O) groups excluding carboxylic acids is 1. The van der Waals surface area contributed by atoms with Gasteiger partial charge < -0.3 is 10.2 Å². The third kappa shape index (κ3) is 4.16.